The van der Waals surface area contributed by atoms with E-state index in [1.807, 2.05) is 0 Å². The fraction of sp³-hybridized carbons (Fsp3) is 0.429. The molecule has 5 heteroatoms. The molecule has 0 unspecified atom stereocenters. The molecular formula is C14H18N2O3. The molecule has 1 heterocycles. The van der Waals surface area contributed by atoms with Crippen LogP contribution in [0.5, 0.6) is 5.75 Å². The second kappa shape index (κ2) is 4.57. The van der Waals surface area contributed by atoms with E-state index in [0.29, 0.717) is 11.4 Å². The maximum atomic E-state index is 12.1. The van der Waals surface area contributed by atoms with Crippen LogP contribution in [0.3, 0.4) is 0 Å². The first-order chi connectivity index (χ1) is 8.85. The number of nitrogens with zero attached hydrogens (tertiary/aromatic N) is 1. The summed E-state index contributed by atoms with van der Waals surface area (Å²) in [6.07, 6.45) is 0.253. The Bertz CT molecular complexity index is 537. The monoisotopic (exact) mass is 262 g/mol. The molecule has 0 aliphatic carbocycles. The Hall–Kier alpha value is -2.04. The fourth-order valence-electron chi connectivity index (χ4n) is 2.25. The summed E-state index contributed by atoms with van der Waals surface area (Å²) in [6.45, 7) is 3.80. The van der Waals surface area contributed by atoms with E-state index in [1.165, 1.54) is 12.0 Å². The van der Waals surface area contributed by atoms with Gasteiger partial charge in [0.15, 0.2) is 0 Å². The van der Waals surface area contributed by atoms with Crippen molar-refractivity contribution in [3.8, 4) is 5.75 Å². The Labute approximate surface area is 112 Å². The number of nitrogen functional groups attached to an aromatic ring is 1. The van der Waals surface area contributed by atoms with E-state index in [-0.39, 0.29) is 24.8 Å². The summed E-state index contributed by atoms with van der Waals surface area (Å²) < 4.78 is 5.23. The van der Waals surface area contributed by atoms with Crippen LogP contribution in [0.25, 0.3) is 0 Å². The molecule has 1 fully saturated rings. The third-order valence-corrected chi connectivity index (χ3v) is 3.36. The zero-order valence-corrected chi connectivity index (χ0v) is 11.4. The van der Waals surface area contributed by atoms with Crippen LogP contribution in [0, 0.1) is 5.41 Å². The molecule has 0 spiro atoms. The van der Waals surface area contributed by atoms with Crippen molar-refractivity contribution in [1.82, 2.24) is 4.90 Å². The number of ether oxygens (including phenoxy) is 1. The number of carbonyl (C=O) groups excluding carboxylic acids is 2. The zero-order valence-electron chi connectivity index (χ0n) is 11.4. The molecular weight excluding hydrogens is 244 g/mol. The third-order valence-electron chi connectivity index (χ3n) is 3.36. The summed E-state index contributed by atoms with van der Waals surface area (Å²) in [6, 6.07) is 5.19. The van der Waals surface area contributed by atoms with Gasteiger partial charge in [-0.05, 0) is 6.07 Å². The largest absolute Gasteiger partial charge is 0.496 e. The number of rotatable bonds is 3. The van der Waals surface area contributed by atoms with E-state index in [2.05, 4.69) is 0 Å². The number of imide groups is 1. The van der Waals surface area contributed by atoms with Gasteiger partial charge in [0.05, 0.1) is 19.1 Å². The van der Waals surface area contributed by atoms with Gasteiger partial charge in [0.25, 0.3) is 0 Å². The highest BCUT2D eigenvalue weighted by Crippen LogP contribution is 2.34. The highest BCUT2D eigenvalue weighted by atomic mass is 16.5. The number of anilines is 1. The Morgan fingerprint density at radius 2 is 2.05 bits per heavy atom. The lowest BCUT2D eigenvalue weighted by atomic mass is 9.92. The molecule has 1 aliphatic rings. The molecule has 102 valence electrons. The summed E-state index contributed by atoms with van der Waals surface area (Å²) in [5.41, 5.74) is 6.43. The summed E-state index contributed by atoms with van der Waals surface area (Å²) in [7, 11) is 1.54. The van der Waals surface area contributed by atoms with Crippen LogP contribution in [-0.2, 0) is 16.1 Å². The Balaban J connectivity index is 2.27. The van der Waals surface area contributed by atoms with Gasteiger partial charge in [0.1, 0.15) is 5.75 Å². The van der Waals surface area contributed by atoms with Crippen LogP contribution in [-0.4, -0.2) is 23.8 Å². The summed E-state index contributed by atoms with van der Waals surface area (Å²) in [5.74, 6) is 0.301. The standard InChI is InChI=1S/C14H18N2O3/c1-14(2)7-12(17)16(13(14)18)8-9-4-5-10(15)6-11(9)19-3/h4-6H,7-8,15H2,1-3H3. The normalized spacial score (nSPS) is 17.9. The summed E-state index contributed by atoms with van der Waals surface area (Å²) in [4.78, 5) is 25.3. The molecule has 1 aromatic carbocycles. The van der Waals surface area contributed by atoms with E-state index < -0.39 is 5.41 Å². The van der Waals surface area contributed by atoms with Gasteiger partial charge in [-0.2, -0.15) is 0 Å². The second-order valence-corrected chi connectivity index (χ2v) is 5.42. The number of nitrogens with two attached hydrogens (primary N) is 1. The molecule has 1 aromatic rings. The number of methoxy groups -OCH3 is 1. The van der Waals surface area contributed by atoms with Gasteiger partial charge in [-0.25, -0.2) is 0 Å². The SMILES string of the molecule is COc1cc(N)ccc1CN1C(=O)CC(C)(C)C1=O. The predicted molar refractivity (Wildman–Crippen MR) is 71.4 cm³/mol. The van der Waals surface area contributed by atoms with E-state index in [0.717, 1.165) is 5.56 Å². The number of likely N-dealkylation sites (tertiary alicyclic amines) is 1. The molecule has 0 radical (unpaired) electrons. The van der Waals surface area contributed by atoms with Crippen molar-refractivity contribution in [2.24, 2.45) is 5.41 Å². The van der Waals surface area contributed by atoms with Crippen LogP contribution in [0.4, 0.5) is 5.69 Å². The van der Waals surface area contributed by atoms with Crippen molar-refractivity contribution in [2.75, 3.05) is 12.8 Å². The molecule has 1 aliphatic heterocycles. The maximum Gasteiger partial charge on any atom is 0.235 e. The predicted octanol–water partition coefficient (Wildman–Crippen LogP) is 1.56. The molecule has 1 saturated heterocycles. The van der Waals surface area contributed by atoms with Crippen LogP contribution in [0.2, 0.25) is 0 Å². The molecule has 0 atom stereocenters. The lowest BCUT2D eigenvalue weighted by Crippen LogP contribution is -2.32. The molecule has 0 saturated carbocycles. The van der Waals surface area contributed by atoms with E-state index in [9.17, 15) is 9.59 Å². The van der Waals surface area contributed by atoms with E-state index >= 15 is 0 Å². The van der Waals surface area contributed by atoms with E-state index in [4.69, 9.17) is 10.5 Å². The minimum Gasteiger partial charge on any atom is -0.496 e. The number of carbonyl (C=O) groups is 2. The minimum absolute atomic E-state index is 0.142. The highest BCUT2D eigenvalue weighted by molar-refractivity contribution is 6.05. The van der Waals surface area contributed by atoms with Gasteiger partial charge in [-0.3, -0.25) is 14.5 Å². The third kappa shape index (κ3) is 2.41. The van der Waals surface area contributed by atoms with Crippen molar-refractivity contribution >= 4 is 17.5 Å². The molecule has 5 nitrogen and oxygen atoms in total. The van der Waals surface area contributed by atoms with Gasteiger partial charge in [-0.15, -0.1) is 0 Å². The number of amides is 2. The first-order valence-corrected chi connectivity index (χ1v) is 6.12. The van der Waals surface area contributed by atoms with Crippen molar-refractivity contribution in [3.05, 3.63) is 23.8 Å². The van der Waals surface area contributed by atoms with Gasteiger partial charge in [-0.1, -0.05) is 19.9 Å². The lowest BCUT2D eigenvalue weighted by Gasteiger charge is -2.19. The van der Waals surface area contributed by atoms with Crippen molar-refractivity contribution in [3.63, 3.8) is 0 Å². The average Bonchev–Trinajstić information content (AvgIpc) is 2.53. The first kappa shape index (κ1) is 13.4. The van der Waals surface area contributed by atoms with Crippen LogP contribution in [0.15, 0.2) is 18.2 Å². The molecule has 0 bridgehead atoms. The molecule has 2 rings (SSSR count). The lowest BCUT2D eigenvalue weighted by molar-refractivity contribution is -0.141. The molecule has 19 heavy (non-hydrogen) atoms. The minimum atomic E-state index is -0.613. The smallest absolute Gasteiger partial charge is 0.235 e. The average molecular weight is 262 g/mol. The highest BCUT2D eigenvalue weighted by Gasteiger charge is 2.44. The number of hydrogen-bond donors (Lipinski definition) is 1. The molecule has 2 amide bonds. The Kier molecular flexibility index (Phi) is 3.22. The van der Waals surface area contributed by atoms with Crippen molar-refractivity contribution < 1.29 is 14.3 Å². The Morgan fingerprint density at radius 1 is 1.37 bits per heavy atom. The van der Waals surface area contributed by atoms with Crippen molar-refractivity contribution in [2.45, 2.75) is 26.8 Å². The molecule has 2 N–H and O–H groups in total. The van der Waals surface area contributed by atoms with Crippen LogP contribution >= 0.6 is 0 Å². The van der Waals surface area contributed by atoms with Crippen LogP contribution < -0.4 is 10.5 Å². The zero-order chi connectivity index (χ0) is 14.2. The van der Waals surface area contributed by atoms with Crippen LogP contribution in [0.1, 0.15) is 25.8 Å². The Morgan fingerprint density at radius 3 is 2.58 bits per heavy atom. The van der Waals surface area contributed by atoms with Crippen molar-refractivity contribution in [1.29, 1.82) is 0 Å². The quantitative estimate of drug-likeness (QED) is 0.662. The number of benzene rings is 1. The van der Waals surface area contributed by atoms with Gasteiger partial charge < -0.3 is 10.5 Å². The summed E-state index contributed by atoms with van der Waals surface area (Å²) in [5, 5.41) is 0. The van der Waals surface area contributed by atoms with E-state index in [1.54, 1.807) is 32.0 Å². The maximum absolute atomic E-state index is 12.1. The first-order valence-electron chi connectivity index (χ1n) is 6.12. The van der Waals surface area contributed by atoms with Gasteiger partial charge in [0.2, 0.25) is 11.8 Å². The summed E-state index contributed by atoms with van der Waals surface area (Å²) >= 11 is 0. The van der Waals surface area contributed by atoms with Gasteiger partial charge in [0, 0.05) is 23.7 Å². The second-order valence-electron chi connectivity index (χ2n) is 5.42. The fourth-order valence-corrected chi connectivity index (χ4v) is 2.25. The molecule has 0 aromatic heterocycles. The number of hydrogen-bond acceptors (Lipinski definition) is 4. The topological polar surface area (TPSA) is 72.6 Å². The van der Waals surface area contributed by atoms with Gasteiger partial charge >= 0.3 is 0 Å².